The first kappa shape index (κ1) is 11.8. The summed E-state index contributed by atoms with van der Waals surface area (Å²) in [4.78, 5) is 23.6. The predicted molar refractivity (Wildman–Crippen MR) is 55.6 cm³/mol. The Morgan fingerprint density at radius 1 is 1.33 bits per heavy atom. The van der Waals surface area contributed by atoms with E-state index in [4.69, 9.17) is 5.11 Å². The Labute approximate surface area is 89.4 Å². The molecule has 0 radical (unpaired) electrons. The van der Waals surface area contributed by atoms with Gasteiger partial charge in [-0.15, -0.1) is 0 Å². The average Bonchev–Trinajstić information content (AvgIpc) is 2.18. The van der Waals surface area contributed by atoms with Crippen molar-refractivity contribution >= 4 is 12.0 Å². The maximum absolute atomic E-state index is 11.4. The van der Waals surface area contributed by atoms with Gasteiger partial charge in [-0.25, -0.2) is 4.79 Å². The van der Waals surface area contributed by atoms with Crippen molar-refractivity contribution in [2.45, 2.75) is 31.7 Å². The van der Waals surface area contributed by atoms with E-state index in [2.05, 4.69) is 5.32 Å². The minimum absolute atomic E-state index is 0.00903. The zero-order valence-corrected chi connectivity index (χ0v) is 9.19. The molecule has 2 atom stereocenters. The molecule has 2 N–H and O–H groups in total. The maximum atomic E-state index is 11.4. The van der Waals surface area contributed by atoms with E-state index >= 15 is 0 Å². The summed E-state index contributed by atoms with van der Waals surface area (Å²) in [7, 11) is 3.35. The molecule has 0 saturated heterocycles. The van der Waals surface area contributed by atoms with E-state index in [1.807, 2.05) is 0 Å². The fourth-order valence-electron chi connectivity index (χ4n) is 1.85. The van der Waals surface area contributed by atoms with Crippen molar-refractivity contribution in [2.75, 3.05) is 14.1 Å². The molecular weight excluding hydrogens is 196 g/mol. The van der Waals surface area contributed by atoms with Crippen molar-refractivity contribution in [2.24, 2.45) is 5.92 Å². The molecule has 0 aromatic heterocycles. The van der Waals surface area contributed by atoms with Crippen molar-refractivity contribution < 1.29 is 14.7 Å². The summed E-state index contributed by atoms with van der Waals surface area (Å²) < 4.78 is 0. The standard InChI is InChI=1S/C10H18N2O3/c1-12(2)10(15)11-8-5-3-4-7(6-8)9(13)14/h7-8H,3-6H2,1-2H3,(H,11,15)(H,13,14). The summed E-state index contributed by atoms with van der Waals surface area (Å²) >= 11 is 0. The van der Waals surface area contributed by atoms with Crippen LogP contribution in [-0.4, -0.2) is 42.1 Å². The summed E-state index contributed by atoms with van der Waals surface area (Å²) in [5.74, 6) is -1.05. The number of carboxylic acid groups (broad SMARTS) is 1. The maximum Gasteiger partial charge on any atom is 0.317 e. The fourth-order valence-corrected chi connectivity index (χ4v) is 1.85. The van der Waals surface area contributed by atoms with Gasteiger partial charge < -0.3 is 15.3 Å². The third-order valence-electron chi connectivity index (χ3n) is 2.76. The van der Waals surface area contributed by atoms with E-state index in [0.717, 1.165) is 19.3 Å². The largest absolute Gasteiger partial charge is 0.481 e. The minimum atomic E-state index is -0.751. The molecule has 0 bridgehead atoms. The van der Waals surface area contributed by atoms with Crippen LogP contribution < -0.4 is 5.32 Å². The second kappa shape index (κ2) is 5.00. The lowest BCUT2D eigenvalue weighted by Gasteiger charge is -2.28. The third-order valence-corrected chi connectivity index (χ3v) is 2.76. The molecule has 5 nitrogen and oxygen atoms in total. The van der Waals surface area contributed by atoms with E-state index in [1.54, 1.807) is 14.1 Å². The van der Waals surface area contributed by atoms with Crippen LogP contribution in [0.4, 0.5) is 4.79 Å². The molecule has 1 fully saturated rings. The van der Waals surface area contributed by atoms with Crippen LogP contribution >= 0.6 is 0 Å². The normalized spacial score (nSPS) is 25.7. The molecule has 5 heteroatoms. The van der Waals surface area contributed by atoms with Crippen molar-refractivity contribution in [3.63, 3.8) is 0 Å². The number of aliphatic carboxylic acids is 1. The zero-order chi connectivity index (χ0) is 11.4. The highest BCUT2D eigenvalue weighted by Gasteiger charge is 2.27. The first-order chi connectivity index (χ1) is 7.00. The van der Waals surface area contributed by atoms with Crippen molar-refractivity contribution in [3.8, 4) is 0 Å². The van der Waals surface area contributed by atoms with Crippen LogP contribution in [0.5, 0.6) is 0 Å². The van der Waals surface area contributed by atoms with Gasteiger partial charge in [0.15, 0.2) is 0 Å². The molecule has 1 aliphatic rings. The topological polar surface area (TPSA) is 69.6 Å². The number of rotatable bonds is 2. The molecule has 0 aromatic carbocycles. The van der Waals surface area contributed by atoms with Gasteiger partial charge in [-0.3, -0.25) is 4.79 Å². The lowest BCUT2D eigenvalue weighted by molar-refractivity contribution is -0.143. The smallest absolute Gasteiger partial charge is 0.317 e. The van der Waals surface area contributed by atoms with Crippen molar-refractivity contribution in [3.05, 3.63) is 0 Å². The summed E-state index contributed by atoms with van der Waals surface area (Å²) in [5.41, 5.74) is 0. The Balaban J connectivity index is 2.43. The van der Waals surface area contributed by atoms with Gasteiger partial charge in [-0.1, -0.05) is 6.42 Å². The molecule has 0 spiro atoms. The SMILES string of the molecule is CN(C)C(=O)NC1CCCC(C(=O)O)C1. The molecule has 0 heterocycles. The number of hydrogen-bond acceptors (Lipinski definition) is 2. The second-order valence-corrected chi connectivity index (χ2v) is 4.24. The van der Waals surface area contributed by atoms with E-state index in [9.17, 15) is 9.59 Å². The van der Waals surface area contributed by atoms with E-state index in [-0.39, 0.29) is 18.0 Å². The fraction of sp³-hybridized carbons (Fsp3) is 0.800. The summed E-state index contributed by atoms with van der Waals surface area (Å²) in [6.45, 7) is 0. The Kier molecular flexibility index (Phi) is 3.94. The number of urea groups is 1. The third kappa shape index (κ3) is 3.42. The highest BCUT2D eigenvalue weighted by atomic mass is 16.4. The van der Waals surface area contributed by atoms with Crippen molar-refractivity contribution in [1.29, 1.82) is 0 Å². The van der Waals surface area contributed by atoms with Crippen LogP contribution in [0.25, 0.3) is 0 Å². The van der Waals surface area contributed by atoms with Crippen LogP contribution in [-0.2, 0) is 4.79 Å². The first-order valence-corrected chi connectivity index (χ1v) is 5.21. The zero-order valence-electron chi connectivity index (χ0n) is 9.19. The van der Waals surface area contributed by atoms with E-state index < -0.39 is 5.97 Å². The van der Waals surface area contributed by atoms with Gasteiger partial charge in [-0.2, -0.15) is 0 Å². The van der Waals surface area contributed by atoms with Gasteiger partial charge in [-0.05, 0) is 19.3 Å². The van der Waals surface area contributed by atoms with Crippen LogP contribution in [0.2, 0.25) is 0 Å². The Bertz CT molecular complexity index is 253. The molecule has 0 aliphatic heterocycles. The molecule has 86 valence electrons. The number of nitrogens with zero attached hydrogens (tertiary/aromatic N) is 1. The van der Waals surface area contributed by atoms with Crippen LogP contribution in [0.1, 0.15) is 25.7 Å². The molecule has 1 saturated carbocycles. The Hall–Kier alpha value is -1.26. The molecule has 2 unspecified atom stereocenters. The van der Waals surface area contributed by atoms with Crippen LogP contribution in [0.15, 0.2) is 0 Å². The van der Waals surface area contributed by atoms with E-state index in [1.165, 1.54) is 4.90 Å². The molecule has 0 aromatic rings. The van der Waals surface area contributed by atoms with Gasteiger partial charge in [0, 0.05) is 20.1 Å². The molecule has 15 heavy (non-hydrogen) atoms. The molecule has 1 rings (SSSR count). The summed E-state index contributed by atoms with van der Waals surface area (Å²) in [5, 5.41) is 11.7. The quantitative estimate of drug-likeness (QED) is 0.717. The summed E-state index contributed by atoms with van der Waals surface area (Å²) in [6.07, 6.45) is 3.03. The molecule has 2 amide bonds. The Morgan fingerprint density at radius 3 is 2.53 bits per heavy atom. The van der Waals surface area contributed by atoms with Crippen LogP contribution in [0, 0.1) is 5.92 Å². The van der Waals surface area contributed by atoms with Gasteiger partial charge >= 0.3 is 12.0 Å². The number of hydrogen-bond donors (Lipinski definition) is 2. The van der Waals surface area contributed by atoms with Gasteiger partial charge in [0.25, 0.3) is 0 Å². The second-order valence-electron chi connectivity index (χ2n) is 4.24. The van der Waals surface area contributed by atoms with E-state index in [0.29, 0.717) is 6.42 Å². The van der Waals surface area contributed by atoms with Gasteiger partial charge in [0.1, 0.15) is 0 Å². The lowest BCUT2D eigenvalue weighted by atomic mass is 9.86. The first-order valence-electron chi connectivity index (χ1n) is 5.21. The van der Waals surface area contributed by atoms with Crippen molar-refractivity contribution in [1.82, 2.24) is 10.2 Å². The number of amides is 2. The Morgan fingerprint density at radius 2 is 2.00 bits per heavy atom. The molecular formula is C10H18N2O3. The summed E-state index contributed by atoms with van der Waals surface area (Å²) in [6, 6.07) is -0.138. The van der Waals surface area contributed by atoms with Gasteiger partial charge in [0.2, 0.25) is 0 Å². The number of carbonyl (C=O) groups excluding carboxylic acids is 1. The van der Waals surface area contributed by atoms with Crippen LogP contribution in [0.3, 0.4) is 0 Å². The highest BCUT2D eigenvalue weighted by molar-refractivity contribution is 5.74. The average molecular weight is 214 g/mol. The van der Waals surface area contributed by atoms with Gasteiger partial charge in [0.05, 0.1) is 5.92 Å². The minimum Gasteiger partial charge on any atom is -0.481 e. The monoisotopic (exact) mass is 214 g/mol. The number of nitrogens with one attached hydrogen (secondary N) is 1. The number of carbonyl (C=O) groups is 2. The molecule has 1 aliphatic carbocycles. The highest BCUT2D eigenvalue weighted by Crippen LogP contribution is 2.24. The number of carboxylic acids is 1. The predicted octanol–water partition coefficient (Wildman–Crippen LogP) is 0.901. The lowest BCUT2D eigenvalue weighted by Crippen LogP contribution is -2.44.